The molecule has 4 heteroatoms. The molecule has 0 N–H and O–H groups in total. The number of aryl methyl sites for hydroxylation is 1. The Morgan fingerprint density at radius 2 is 1.72 bits per heavy atom. The fourth-order valence-electron chi connectivity index (χ4n) is 1.77. The average Bonchev–Trinajstić information content (AvgIpc) is 2.40. The first-order valence-corrected chi connectivity index (χ1v) is 5.57. The monoisotopic (exact) mass is 245 g/mol. The van der Waals surface area contributed by atoms with Crippen molar-refractivity contribution in [2.45, 2.75) is 6.92 Å². The maximum absolute atomic E-state index is 11.8. The minimum absolute atomic E-state index is 0.0761. The second-order valence-corrected chi connectivity index (χ2v) is 3.95. The van der Waals surface area contributed by atoms with E-state index >= 15 is 0 Å². The number of nitrogens with zero attached hydrogens (tertiary/aromatic N) is 1. The van der Waals surface area contributed by atoms with Gasteiger partial charge in [0.1, 0.15) is 0 Å². The summed E-state index contributed by atoms with van der Waals surface area (Å²) in [4.78, 5) is 11.8. The summed E-state index contributed by atoms with van der Waals surface area (Å²) in [6, 6.07) is 8.72. The van der Waals surface area contributed by atoms with Gasteiger partial charge in [0, 0.05) is 18.3 Å². The van der Waals surface area contributed by atoms with E-state index in [2.05, 4.69) is 0 Å². The maximum atomic E-state index is 11.8. The van der Waals surface area contributed by atoms with Gasteiger partial charge in [-0.15, -0.1) is 0 Å². The Labute approximate surface area is 105 Å². The van der Waals surface area contributed by atoms with Crippen LogP contribution in [0.15, 0.2) is 41.3 Å². The van der Waals surface area contributed by atoms with E-state index in [4.69, 9.17) is 9.47 Å². The van der Waals surface area contributed by atoms with Crippen LogP contribution in [-0.2, 0) is 0 Å². The van der Waals surface area contributed by atoms with Gasteiger partial charge in [0.05, 0.1) is 19.9 Å². The number of hydrogen-bond donors (Lipinski definition) is 0. The molecular weight excluding hydrogens is 230 g/mol. The third-order valence-electron chi connectivity index (χ3n) is 2.70. The largest absolute Gasteiger partial charge is 0.493 e. The van der Waals surface area contributed by atoms with Crippen LogP contribution >= 0.6 is 0 Å². The van der Waals surface area contributed by atoms with Crippen molar-refractivity contribution in [1.29, 1.82) is 0 Å². The zero-order valence-corrected chi connectivity index (χ0v) is 10.6. The van der Waals surface area contributed by atoms with Gasteiger partial charge in [-0.05, 0) is 24.6 Å². The van der Waals surface area contributed by atoms with Crippen molar-refractivity contribution in [3.05, 3.63) is 52.4 Å². The van der Waals surface area contributed by atoms with Crippen LogP contribution in [0, 0.1) is 6.92 Å². The van der Waals surface area contributed by atoms with E-state index in [0.717, 1.165) is 11.3 Å². The molecule has 0 amide bonds. The smallest absolute Gasteiger partial charge is 0.255 e. The third kappa shape index (κ3) is 2.22. The molecule has 0 aliphatic rings. The van der Waals surface area contributed by atoms with Crippen molar-refractivity contribution in [2.24, 2.45) is 0 Å². The highest BCUT2D eigenvalue weighted by Crippen LogP contribution is 2.28. The van der Waals surface area contributed by atoms with Gasteiger partial charge in [0.2, 0.25) is 0 Å². The number of benzene rings is 1. The summed E-state index contributed by atoms with van der Waals surface area (Å²) < 4.78 is 12.0. The van der Waals surface area contributed by atoms with Gasteiger partial charge < -0.3 is 9.47 Å². The third-order valence-corrected chi connectivity index (χ3v) is 2.70. The summed E-state index contributed by atoms with van der Waals surface area (Å²) in [7, 11) is 3.15. The number of pyridine rings is 1. The SMILES string of the molecule is COc1ccc(-n2cc(C)ccc2=O)cc1OC. The van der Waals surface area contributed by atoms with E-state index in [1.54, 1.807) is 49.2 Å². The van der Waals surface area contributed by atoms with E-state index in [-0.39, 0.29) is 5.56 Å². The fourth-order valence-corrected chi connectivity index (χ4v) is 1.77. The van der Waals surface area contributed by atoms with Crippen molar-refractivity contribution >= 4 is 0 Å². The molecule has 2 rings (SSSR count). The molecule has 4 nitrogen and oxygen atoms in total. The normalized spacial score (nSPS) is 10.2. The van der Waals surface area contributed by atoms with Crippen molar-refractivity contribution in [2.75, 3.05) is 14.2 Å². The minimum atomic E-state index is -0.0761. The Morgan fingerprint density at radius 1 is 1.00 bits per heavy atom. The second-order valence-electron chi connectivity index (χ2n) is 3.95. The van der Waals surface area contributed by atoms with Gasteiger partial charge >= 0.3 is 0 Å². The van der Waals surface area contributed by atoms with Crippen LogP contribution in [0.5, 0.6) is 11.5 Å². The first kappa shape index (κ1) is 12.2. The molecule has 1 aromatic carbocycles. The van der Waals surface area contributed by atoms with Crippen molar-refractivity contribution < 1.29 is 9.47 Å². The quantitative estimate of drug-likeness (QED) is 0.832. The lowest BCUT2D eigenvalue weighted by atomic mass is 10.2. The van der Waals surface area contributed by atoms with E-state index in [0.29, 0.717) is 11.5 Å². The zero-order valence-electron chi connectivity index (χ0n) is 10.6. The first-order valence-electron chi connectivity index (χ1n) is 5.57. The molecule has 0 aliphatic carbocycles. The molecule has 0 fully saturated rings. The molecule has 0 saturated heterocycles. The number of ether oxygens (including phenoxy) is 2. The predicted octanol–water partition coefficient (Wildman–Crippen LogP) is 2.16. The Kier molecular flexibility index (Phi) is 3.37. The molecule has 18 heavy (non-hydrogen) atoms. The topological polar surface area (TPSA) is 40.5 Å². The van der Waals surface area contributed by atoms with Gasteiger partial charge in [-0.1, -0.05) is 6.07 Å². The molecule has 0 aliphatic heterocycles. The van der Waals surface area contributed by atoms with Crippen LogP contribution in [0.4, 0.5) is 0 Å². The number of rotatable bonds is 3. The molecule has 0 bridgehead atoms. The Morgan fingerprint density at radius 3 is 2.39 bits per heavy atom. The molecule has 0 radical (unpaired) electrons. The van der Waals surface area contributed by atoms with Gasteiger partial charge in [-0.3, -0.25) is 9.36 Å². The molecule has 2 aromatic rings. The molecule has 1 aromatic heterocycles. The summed E-state index contributed by atoms with van der Waals surface area (Å²) in [6.45, 7) is 1.94. The van der Waals surface area contributed by atoms with Crippen molar-refractivity contribution in [1.82, 2.24) is 4.57 Å². The highest BCUT2D eigenvalue weighted by Gasteiger charge is 2.06. The molecule has 0 spiro atoms. The van der Waals surface area contributed by atoms with E-state index in [1.165, 1.54) is 0 Å². The summed E-state index contributed by atoms with van der Waals surface area (Å²) in [5.74, 6) is 1.24. The van der Waals surface area contributed by atoms with Gasteiger partial charge in [-0.2, -0.15) is 0 Å². The summed E-state index contributed by atoms with van der Waals surface area (Å²) in [5.41, 5.74) is 1.69. The Bertz CT molecular complexity index is 617. The number of aromatic nitrogens is 1. The molecule has 1 heterocycles. The Hall–Kier alpha value is -2.23. The van der Waals surface area contributed by atoms with E-state index in [1.807, 2.05) is 13.0 Å². The van der Waals surface area contributed by atoms with Crippen molar-refractivity contribution in [3.8, 4) is 17.2 Å². The highest BCUT2D eigenvalue weighted by molar-refractivity contribution is 5.49. The molecular formula is C14H15NO3. The maximum Gasteiger partial charge on any atom is 0.255 e. The first-order chi connectivity index (χ1) is 8.65. The lowest BCUT2D eigenvalue weighted by molar-refractivity contribution is 0.355. The standard InChI is InChI=1S/C14H15NO3/c1-10-4-7-14(16)15(9-10)11-5-6-12(17-2)13(8-11)18-3/h4-9H,1-3H3. The molecule has 0 atom stereocenters. The van der Waals surface area contributed by atoms with Crippen LogP contribution in [-0.4, -0.2) is 18.8 Å². The second kappa shape index (κ2) is 4.96. The van der Waals surface area contributed by atoms with Gasteiger partial charge in [0.15, 0.2) is 11.5 Å². The minimum Gasteiger partial charge on any atom is -0.493 e. The average molecular weight is 245 g/mol. The van der Waals surface area contributed by atoms with E-state index in [9.17, 15) is 4.79 Å². The molecule has 94 valence electrons. The lowest BCUT2D eigenvalue weighted by Crippen LogP contribution is -2.16. The number of methoxy groups -OCH3 is 2. The van der Waals surface area contributed by atoms with Gasteiger partial charge in [-0.25, -0.2) is 0 Å². The van der Waals surface area contributed by atoms with Gasteiger partial charge in [0.25, 0.3) is 5.56 Å². The summed E-state index contributed by atoms with van der Waals surface area (Å²) >= 11 is 0. The lowest BCUT2D eigenvalue weighted by Gasteiger charge is -2.11. The van der Waals surface area contributed by atoms with Crippen LogP contribution in [0.25, 0.3) is 5.69 Å². The van der Waals surface area contributed by atoms with Crippen LogP contribution in [0.1, 0.15) is 5.56 Å². The summed E-state index contributed by atoms with van der Waals surface area (Å²) in [5, 5.41) is 0. The van der Waals surface area contributed by atoms with Crippen LogP contribution in [0.3, 0.4) is 0 Å². The molecule has 0 unspecified atom stereocenters. The number of hydrogen-bond acceptors (Lipinski definition) is 3. The van der Waals surface area contributed by atoms with Crippen LogP contribution < -0.4 is 15.0 Å². The van der Waals surface area contributed by atoms with Crippen LogP contribution in [0.2, 0.25) is 0 Å². The highest BCUT2D eigenvalue weighted by atomic mass is 16.5. The molecule has 0 saturated carbocycles. The fraction of sp³-hybridized carbons (Fsp3) is 0.214. The zero-order chi connectivity index (χ0) is 13.1. The predicted molar refractivity (Wildman–Crippen MR) is 69.9 cm³/mol. The van der Waals surface area contributed by atoms with E-state index < -0.39 is 0 Å². The summed E-state index contributed by atoms with van der Waals surface area (Å²) in [6.07, 6.45) is 1.80. The van der Waals surface area contributed by atoms with Crippen molar-refractivity contribution in [3.63, 3.8) is 0 Å². The Balaban J connectivity index is 2.57.